The van der Waals surface area contributed by atoms with E-state index in [9.17, 15) is 0 Å². The number of hydrogen-bond acceptors (Lipinski definition) is 6. The third kappa shape index (κ3) is 2.52. The number of nitriles is 1. The topological polar surface area (TPSA) is 102 Å². The molecule has 0 bridgehead atoms. The molecule has 0 radical (unpaired) electrons. The molecule has 1 aromatic carbocycles. The lowest BCUT2D eigenvalue weighted by atomic mass is 10.1. The number of benzene rings is 1. The van der Waals surface area contributed by atoms with E-state index in [2.05, 4.69) is 16.0 Å². The molecular formula is C12H11N5S. The van der Waals surface area contributed by atoms with Crippen LogP contribution in [-0.4, -0.2) is 9.97 Å². The molecule has 0 aliphatic carbocycles. The Morgan fingerprint density at radius 2 is 1.89 bits per heavy atom. The second-order valence-electron chi connectivity index (χ2n) is 3.67. The Hall–Kier alpha value is -2.26. The summed E-state index contributed by atoms with van der Waals surface area (Å²) in [6, 6.07) is 9.16. The van der Waals surface area contributed by atoms with Gasteiger partial charge >= 0.3 is 0 Å². The normalized spacial score (nSPS) is 10.0. The molecule has 0 saturated carbocycles. The smallest absolute Gasteiger partial charge is 0.196 e. The van der Waals surface area contributed by atoms with Crippen molar-refractivity contribution in [2.24, 2.45) is 0 Å². The highest BCUT2D eigenvalue weighted by molar-refractivity contribution is 7.99. The van der Waals surface area contributed by atoms with Crippen molar-refractivity contribution in [1.82, 2.24) is 9.97 Å². The number of nitrogen functional groups attached to an aromatic ring is 2. The molecule has 2 rings (SSSR count). The Morgan fingerprint density at radius 3 is 2.50 bits per heavy atom. The van der Waals surface area contributed by atoms with Gasteiger partial charge in [-0.25, -0.2) is 9.97 Å². The molecule has 0 amide bonds. The first-order valence-corrected chi connectivity index (χ1v) is 5.99. The van der Waals surface area contributed by atoms with Gasteiger partial charge in [0.1, 0.15) is 17.7 Å². The third-order valence-electron chi connectivity index (χ3n) is 2.27. The maximum absolute atomic E-state index is 9.08. The molecule has 1 aromatic heterocycles. The van der Waals surface area contributed by atoms with E-state index in [1.54, 1.807) is 6.07 Å². The number of rotatable bonds is 2. The lowest BCUT2D eigenvalue weighted by Gasteiger charge is -2.07. The van der Waals surface area contributed by atoms with Crippen LogP contribution in [0, 0.1) is 18.3 Å². The van der Waals surface area contributed by atoms with Crippen LogP contribution in [0.4, 0.5) is 11.6 Å². The van der Waals surface area contributed by atoms with E-state index in [1.807, 2.05) is 19.1 Å². The monoisotopic (exact) mass is 257 g/mol. The zero-order chi connectivity index (χ0) is 13.1. The highest BCUT2D eigenvalue weighted by Gasteiger charge is 2.10. The minimum absolute atomic E-state index is 0.317. The summed E-state index contributed by atoms with van der Waals surface area (Å²) in [5, 5.41) is 9.52. The average molecular weight is 257 g/mol. The van der Waals surface area contributed by atoms with Crippen molar-refractivity contribution in [3.8, 4) is 6.07 Å². The van der Waals surface area contributed by atoms with Gasteiger partial charge in [0.25, 0.3) is 0 Å². The van der Waals surface area contributed by atoms with Gasteiger partial charge < -0.3 is 11.5 Å². The van der Waals surface area contributed by atoms with E-state index in [1.165, 1.54) is 17.8 Å². The fourth-order valence-electron chi connectivity index (χ4n) is 1.47. The van der Waals surface area contributed by atoms with Crippen LogP contribution in [0.25, 0.3) is 0 Å². The molecule has 0 unspecified atom stereocenters. The van der Waals surface area contributed by atoms with Crippen LogP contribution in [-0.2, 0) is 0 Å². The van der Waals surface area contributed by atoms with Gasteiger partial charge in [-0.1, -0.05) is 12.1 Å². The molecule has 6 heteroatoms. The molecule has 1 heterocycles. The first kappa shape index (κ1) is 12.2. The summed E-state index contributed by atoms with van der Waals surface area (Å²) in [6.45, 7) is 1.93. The van der Waals surface area contributed by atoms with Crippen molar-refractivity contribution in [3.05, 3.63) is 35.4 Å². The van der Waals surface area contributed by atoms with Gasteiger partial charge in [0.2, 0.25) is 0 Å². The molecular weight excluding hydrogens is 246 g/mol. The molecule has 0 saturated heterocycles. The lowest BCUT2D eigenvalue weighted by molar-refractivity contribution is 0.983. The fourth-order valence-corrected chi connectivity index (χ4v) is 2.41. The van der Waals surface area contributed by atoms with E-state index in [4.69, 9.17) is 16.7 Å². The number of aryl methyl sites for hydroxylation is 1. The van der Waals surface area contributed by atoms with Gasteiger partial charge in [-0.15, -0.1) is 0 Å². The van der Waals surface area contributed by atoms with Crippen molar-refractivity contribution in [3.63, 3.8) is 0 Å². The van der Waals surface area contributed by atoms with Crippen LogP contribution < -0.4 is 11.5 Å². The zero-order valence-electron chi connectivity index (χ0n) is 9.71. The summed E-state index contributed by atoms with van der Waals surface area (Å²) < 4.78 is 0. The second kappa shape index (κ2) is 4.94. The summed E-state index contributed by atoms with van der Waals surface area (Å²) in [7, 11) is 0. The van der Waals surface area contributed by atoms with E-state index in [0.29, 0.717) is 22.4 Å². The zero-order valence-corrected chi connectivity index (χ0v) is 10.5. The number of anilines is 2. The molecule has 0 fully saturated rings. The number of aromatic nitrogens is 2. The standard InChI is InChI=1S/C12H11N5S/c1-7-3-2-4-8(6-13)11(7)18-12-16-9(14)5-10(15)17-12/h2-5H,1H3,(H4,14,15,16,17). The largest absolute Gasteiger partial charge is 0.383 e. The van der Waals surface area contributed by atoms with Crippen LogP contribution in [0.3, 0.4) is 0 Å². The van der Waals surface area contributed by atoms with E-state index in [0.717, 1.165) is 10.5 Å². The van der Waals surface area contributed by atoms with Gasteiger partial charge in [-0.05, 0) is 30.3 Å². The lowest BCUT2D eigenvalue weighted by Crippen LogP contribution is -1.99. The molecule has 0 aliphatic rings. The summed E-state index contributed by atoms with van der Waals surface area (Å²) in [5.41, 5.74) is 12.8. The highest BCUT2D eigenvalue weighted by atomic mass is 32.2. The van der Waals surface area contributed by atoms with E-state index >= 15 is 0 Å². The van der Waals surface area contributed by atoms with Gasteiger partial charge in [-0.2, -0.15) is 5.26 Å². The van der Waals surface area contributed by atoms with Gasteiger partial charge in [0.15, 0.2) is 5.16 Å². The molecule has 0 atom stereocenters. The van der Waals surface area contributed by atoms with Crippen molar-refractivity contribution < 1.29 is 0 Å². The van der Waals surface area contributed by atoms with E-state index < -0.39 is 0 Å². The van der Waals surface area contributed by atoms with Gasteiger partial charge in [-0.3, -0.25) is 0 Å². The maximum Gasteiger partial charge on any atom is 0.196 e. The number of nitrogens with two attached hydrogens (primary N) is 2. The van der Waals surface area contributed by atoms with Crippen molar-refractivity contribution in [1.29, 1.82) is 5.26 Å². The van der Waals surface area contributed by atoms with Crippen LogP contribution in [0.1, 0.15) is 11.1 Å². The van der Waals surface area contributed by atoms with Gasteiger partial charge in [0, 0.05) is 11.0 Å². The average Bonchev–Trinajstić information content (AvgIpc) is 2.30. The van der Waals surface area contributed by atoms with Crippen molar-refractivity contribution >= 4 is 23.4 Å². The summed E-state index contributed by atoms with van der Waals surface area (Å²) in [5.74, 6) is 0.634. The Bertz CT molecular complexity index is 613. The quantitative estimate of drug-likeness (QED) is 0.797. The van der Waals surface area contributed by atoms with Crippen LogP contribution in [0.15, 0.2) is 34.3 Å². The molecule has 0 aliphatic heterocycles. The third-order valence-corrected chi connectivity index (χ3v) is 3.38. The summed E-state index contributed by atoms with van der Waals surface area (Å²) >= 11 is 1.29. The maximum atomic E-state index is 9.08. The fraction of sp³-hybridized carbons (Fsp3) is 0.0833. The van der Waals surface area contributed by atoms with Crippen molar-refractivity contribution in [2.75, 3.05) is 11.5 Å². The number of nitrogens with zero attached hydrogens (tertiary/aromatic N) is 3. The highest BCUT2D eigenvalue weighted by Crippen LogP contribution is 2.31. The Balaban J connectivity index is 2.43. The molecule has 0 spiro atoms. The minimum atomic E-state index is 0.317. The van der Waals surface area contributed by atoms with Crippen LogP contribution in [0.5, 0.6) is 0 Å². The summed E-state index contributed by atoms with van der Waals surface area (Å²) in [4.78, 5) is 9.00. The molecule has 90 valence electrons. The summed E-state index contributed by atoms with van der Waals surface area (Å²) in [6.07, 6.45) is 0. The molecule has 18 heavy (non-hydrogen) atoms. The number of hydrogen-bond donors (Lipinski definition) is 2. The first-order chi connectivity index (χ1) is 8.60. The molecule has 5 nitrogen and oxygen atoms in total. The van der Waals surface area contributed by atoms with Crippen LogP contribution in [0.2, 0.25) is 0 Å². The molecule has 4 N–H and O–H groups in total. The second-order valence-corrected chi connectivity index (χ2v) is 4.64. The van der Waals surface area contributed by atoms with Crippen LogP contribution >= 0.6 is 11.8 Å². The first-order valence-electron chi connectivity index (χ1n) is 5.17. The Labute approximate surface area is 109 Å². The van der Waals surface area contributed by atoms with Gasteiger partial charge in [0.05, 0.1) is 5.56 Å². The predicted octanol–water partition coefficient (Wildman–Crippen LogP) is 1.97. The van der Waals surface area contributed by atoms with E-state index in [-0.39, 0.29) is 0 Å². The predicted molar refractivity (Wildman–Crippen MR) is 70.9 cm³/mol. The molecule has 2 aromatic rings. The van der Waals surface area contributed by atoms with Crippen molar-refractivity contribution in [2.45, 2.75) is 17.0 Å². The minimum Gasteiger partial charge on any atom is -0.383 e. The SMILES string of the molecule is Cc1cccc(C#N)c1Sc1nc(N)cc(N)n1. The Kier molecular flexibility index (Phi) is 3.35. The Morgan fingerprint density at radius 1 is 1.22 bits per heavy atom.